The predicted octanol–water partition coefficient (Wildman–Crippen LogP) is 3.63. The van der Waals surface area contributed by atoms with Gasteiger partial charge in [0.1, 0.15) is 4.32 Å². The zero-order valence-electron chi connectivity index (χ0n) is 10.4. The van der Waals surface area contributed by atoms with Gasteiger partial charge in [0.15, 0.2) is 0 Å². The molecule has 0 saturated carbocycles. The van der Waals surface area contributed by atoms with Gasteiger partial charge in [0.25, 0.3) is 0 Å². The minimum atomic E-state index is -0.463. The van der Waals surface area contributed by atoms with Crippen molar-refractivity contribution in [3.05, 3.63) is 71.8 Å². The van der Waals surface area contributed by atoms with Crippen molar-refractivity contribution in [2.45, 2.75) is 11.5 Å². The molecule has 0 aliphatic heterocycles. The molecule has 0 saturated heterocycles. The van der Waals surface area contributed by atoms with Crippen LogP contribution < -0.4 is 5.73 Å². The molecule has 4 heteroatoms. The fourth-order valence-electron chi connectivity index (χ4n) is 1.82. The summed E-state index contributed by atoms with van der Waals surface area (Å²) in [5, 5.41) is 0. The molecule has 0 aliphatic rings. The van der Waals surface area contributed by atoms with Crippen LogP contribution in [0.3, 0.4) is 0 Å². The summed E-state index contributed by atoms with van der Waals surface area (Å²) >= 11 is 5.22. The van der Waals surface area contributed by atoms with Crippen molar-refractivity contribution in [3.63, 3.8) is 0 Å². The fraction of sp³-hybridized carbons (Fsp3) is 0.133. The molecule has 2 N–H and O–H groups in total. The van der Waals surface area contributed by atoms with Crippen LogP contribution in [0.2, 0.25) is 0 Å². The Morgan fingerprint density at radius 1 is 0.842 bits per heavy atom. The second-order valence-corrected chi connectivity index (χ2v) is 7.10. The number of hydrogen-bond donors (Lipinski definition) is 2. The monoisotopic (exact) mass is 333 g/mol. The Balaban J connectivity index is 0.00000180. The molecule has 0 aromatic heterocycles. The van der Waals surface area contributed by atoms with Gasteiger partial charge in [-0.25, -0.2) is 0 Å². The maximum absolute atomic E-state index is 5.89. The Hall–Kier alpha value is -0.826. The van der Waals surface area contributed by atoms with E-state index in [2.05, 4.69) is 48.5 Å². The summed E-state index contributed by atoms with van der Waals surface area (Å²) in [5.74, 6) is 1.95. The molecule has 2 aromatic carbocycles. The predicted molar refractivity (Wildman–Crippen MR) is 86.1 cm³/mol. The third-order valence-electron chi connectivity index (χ3n) is 2.74. The molecule has 0 unspecified atom stereocenters. The molecule has 2 rings (SSSR count). The summed E-state index contributed by atoms with van der Waals surface area (Å²) in [6, 6.07) is 20.9. The van der Waals surface area contributed by atoms with Gasteiger partial charge in [-0.3, -0.25) is 0 Å². The number of nitrogens with two attached hydrogens (primary N) is 1. The van der Waals surface area contributed by atoms with E-state index < -0.39 is 10.9 Å². The summed E-state index contributed by atoms with van der Waals surface area (Å²) in [6.45, 7) is 0. The Kier molecular flexibility index (Phi) is 7.15. The van der Waals surface area contributed by atoms with Gasteiger partial charge in [0.05, 0.1) is 0 Å². The molecule has 0 radical (unpaired) electrons. The molecule has 0 bridgehead atoms. The summed E-state index contributed by atoms with van der Waals surface area (Å²) < 4.78 is 0.665. The van der Waals surface area contributed by atoms with Gasteiger partial charge in [-0.1, -0.05) is 72.9 Å². The first-order valence-electron chi connectivity index (χ1n) is 5.88. The van der Waals surface area contributed by atoms with Gasteiger partial charge in [0, 0.05) is 28.0 Å². The van der Waals surface area contributed by atoms with Crippen LogP contribution in [0, 0.1) is 0 Å². The summed E-state index contributed by atoms with van der Waals surface area (Å²) in [4.78, 5) is 0. The van der Waals surface area contributed by atoms with Crippen molar-refractivity contribution in [2.75, 3.05) is 0 Å². The number of rotatable bonds is 4. The van der Waals surface area contributed by atoms with Gasteiger partial charge < -0.3 is 5.73 Å². The molecule has 0 heterocycles. The van der Waals surface area contributed by atoms with Crippen molar-refractivity contribution in [2.24, 2.45) is 5.73 Å². The Bertz CT molecular complexity index is 461. The number of thiocarbonyl (C=S) groups is 1. The first-order valence-corrected chi connectivity index (χ1v) is 8.00. The van der Waals surface area contributed by atoms with E-state index in [1.807, 2.05) is 12.1 Å². The van der Waals surface area contributed by atoms with Crippen molar-refractivity contribution in [1.82, 2.24) is 0 Å². The van der Waals surface area contributed by atoms with Crippen molar-refractivity contribution < 1.29 is 16.5 Å². The Morgan fingerprint density at radius 3 is 1.53 bits per heavy atom. The molecule has 0 spiro atoms. The number of benzene rings is 2. The maximum atomic E-state index is 5.89. The number of hydrogen-bond acceptors (Lipinski definition) is 1. The van der Waals surface area contributed by atoms with Crippen LogP contribution >= 0.6 is 23.1 Å². The van der Waals surface area contributed by atoms with Crippen LogP contribution in [0.25, 0.3) is 0 Å². The molecular formula is C15H17NNiS2. The molecule has 0 atom stereocenters. The van der Waals surface area contributed by atoms with E-state index in [0.717, 1.165) is 11.5 Å². The van der Waals surface area contributed by atoms with Gasteiger partial charge in [0.2, 0.25) is 0 Å². The van der Waals surface area contributed by atoms with Crippen molar-refractivity contribution in [3.8, 4) is 0 Å². The first kappa shape index (κ1) is 16.2. The summed E-state index contributed by atoms with van der Waals surface area (Å²) in [6.07, 6.45) is 0. The van der Waals surface area contributed by atoms with Crippen molar-refractivity contribution >= 4 is 27.4 Å². The number of thiol groups is 1. The zero-order chi connectivity index (χ0) is 12.8. The van der Waals surface area contributed by atoms with Crippen LogP contribution in [-0.4, -0.2) is 4.32 Å². The van der Waals surface area contributed by atoms with Crippen LogP contribution in [0.1, 0.15) is 11.1 Å². The molecular weight excluding hydrogens is 317 g/mol. The van der Waals surface area contributed by atoms with E-state index in [1.165, 1.54) is 11.1 Å². The average Bonchev–Trinajstić information content (AvgIpc) is 2.40. The van der Waals surface area contributed by atoms with E-state index in [4.69, 9.17) is 18.0 Å². The standard InChI is InChI=1S/C15H17NS2.Ni/c16-15(17)18(11-13-7-3-1-4-8-13)12-14-9-5-2-6-10-14;/h1-10,18H,11-12H2,(H2,16,17);. The van der Waals surface area contributed by atoms with Crippen LogP contribution in [0.15, 0.2) is 60.7 Å². The van der Waals surface area contributed by atoms with E-state index in [0.29, 0.717) is 4.32 Å². The topological polar surface area (TPSA) is 26.0 Å². The molecule has 104 valence electrons. The minimum absolute atomic E-state index is 0. The molecule has 1 nitrogen and oxygen atoms in total. The second kappa shape index (κ2) is 8.37. The van der Waals surface area contributed by atoms with Gasteiger partial charge in [-0.2, -0.15) is 10.9 Å². The Labute approximate surface area is 132 Å². The molecule has 0 aliphatic carbocycles. The van der Waals surface area contributed by atoms with E-state index in [9.17, 15) is 0 Å². The van der Waals surface area contributed by atoms with Crippen LogP contribution in [0.4, 0.5) is 0 Å². The molecule has 2 aromatic rings. The fourth-order valence-corrected chi connectivity index (χ4v) is 3.93. The van der Waals surface area contributed by atoms with Gasteiger partial charge >= 0.3 is 0 Å². The van der Waals surface area contributed by atoms with Crippen LogP contribution in [-0.2, 0) is 28.0 Å². The maximum Gasteiger partial charge on any atom is 0.111 e. The summed E-state index contributed by atoms with van der Waals surface area (Å²) in [7, 11) is -0.463. The zero-order valence-corrected chi connectivity index (χ0v) is 13.1. The Morgan fingerprint density at radius 2 is 1.21 bits per heavy atom. The third kappa shape index (κ3) is 5.35. The van der Waals surface area contributed by atoms with Crippen molar-refractivity contribution in [1.29, 1.82) is 0 Å². The SMILES string of the molecule is NC(=S)[SH](Cc1ccccc1)Cc1ccccc1.[Ni]. The second-order valence-electron chi connectivity index (χ2n) is 4.17. The van der Waals surface area contributed by atoms with E-state index in [1.54, 1.807) is 0 Å². The molecule has 19 heavy (non-hydrogen) atoms. The smallest absolute Gasteiger partial charge is 0.111 e. The minimum Gasteiger partial charge on any atom is -0.386 e. The van der Waals surface area contributed by atoms with Gasteiger partial charge in [-0.05, 0) is 11.1 Å². The normalized spacial score (nSPS) is 10.4. The first-order chi connectivity index (χ1) is 8.75. The average molecular weight is 334 g/mol. The van der Waals surface area contributed by atoms with E-state index >= 15 is 0 Å². The largest absolute Gasteiger partial charge is 0.386 e. The third-order valence-corrected chi connectivity index (χ3v) is 5.64. The molecule has 0 amide bonds. The molecule has 0 fully saturated rings. The van der Waals surface area contributed by atoms with Gasteiger partial charge in [-0.15, -0.1) is 0 Å². The van der Waals surface area contributed by atoms with E-state index in [-0.39, 0.29) is 16.5 Å². The summed E-state index contributed by atoms with van der Waals surface area (Å²) in [5.41, 5.74) is 8.52. The van der Waals surface area contributed by atoms with Crippen LogP contribution in [0.5, 0.6) is 0 Å². The quantitative estimate of drug-likeness (QED) is 0.507.